The molecule has 1 fully saturated rings. The molecule has 0 spiro atoms. The molecule has 0 radical (unpaired) electrons. The molecule has 1 atom stereocenters. The predicted molar refractivity (Wildman–Crippen MR) is 76.9 cm³/mol. The number of amides is 1. The highest BCUT2D eigenvalue weighted by Crippen LogP contribution is 2.29. The molecule has 1 aliphatic rings. The topological polar surface area (TPSA) is 81.4 Å². The third-order valence-corrected chi connectivity index (χ3v) is 3.84. The number of nitrogen functional groups attached to an aromatic ring is 1. The SMILES string of the molecule is Nc1cc(C(=O)OC2CCCCNC2=O)cc(Cl)c1Cl. The first kappa shape index (κ1) is 14.9. The highest BCUT2D eigenvalue weighted by atomic mass is 35.5. The number of nitrogens with one attached hydrogen (secondary N) is 1. The first-order chi connectivity index (χ1) is 9.49. The molecule has 1 aromatic carbocycles. The van der Waals surface area contributed by atoms with Gasteiger partial charge in [-0.3, -0.25) is 4.79 Å². The molecule has 0 aromatic heterocycles. The van der Waals surface area contributed by atoms with Gasteiger partial charge in [-0.1, -0.05) is 23.2 Å². The minimum Gasteiger partial charge on any atom is -0.449 e. The van der Waals surface area contributed by atoms with Crippen molar-refractivity contribution < 1.29 is 14.3 Å². The fraction of sp³-hybridized carbons (Fsp3) is 0.385. The molecule has 1 heterocycles. The summed E-state index contributed by atoms with van der Waals surface area (Å²) >= 11 is 11.7. The van der Waals surface area contributed by atoms with Crippen LogP contribution in [0.4, 0.5) is 5.69 Å². The first-order valence-electron chi connectivity index (χ1n) is 6.22. The normalized spacial score (nSPS) is 19.1. The molecule has 3 N–H and O–H groups in total. The van der Waals surface area contributed by atoms with Gasteiger partial charge in [-0.25, -0.2) is 4.79 Å². The first-order valence-corrected chi connectivity index (χ1v) is 6.98. The number of carbonyl (C=O) groups excluding carboxylic acids is 2. The molecule has 0 aliphatic carbocycles. The summed E-state index contributed by atoms with van der Waals surface area (Å²) in [5.74, 6) is -0.916. The summed E-state index contributed by atoms with van der Waals surface area (Å²) in [6.45, 7) is 0.604. The Hall–Kier alpha value is -1.46. The highest BCUT2D eigenvalue weighted by molar-refractivity contribution is 6.43. The Kier molecular flexibility index (Phi) is 4.73. The van der Waals surface area contributed by atoms with Crippen LogP contribution in [0.2, 0.25) is 10.0 Å². The summed E-state index contributed by atoms with van der Waals surface area (Å²) in [7, 11) is 0. The van der Waals surface area contributed by atoms with E-state index in [9.17, 15) is 9.59 Å². The van der Waals surface area contributed by atoms with Gasteiger partial charge in [0.25, 0.3) is 5.91 Å². The van der Waals surface area contributed by atoms with Gasteiger partial charge in [-0.05, 0) is 31.4 Å². The number of hydrogen-bond donors (Lipinski definition) is 2. The molecule has 5 nitrogen and oxygen atoms in total. The van der Waals surface area contributed by atoms with Crippen molar-refractivity contribution in [2.75, 3.05) is 12.3 Å². The van der Waals surface area contributed by atoms with Crippen molar-refractivity contribution in [1.29, 1.82) is 0 Å². The average Bonchev–Trinajstić information content (AvgIpc) is 2.61. The van der Waals surface area contributed by atoms with E-state index in [4.69, 9.17) is 33.7 Å². The van der Waals surface area contributed by atoms with Crippen molar-refractivity contribution in [1.82, 2.24) is 5.32 Å². The van der Waals surface area contributed by atoms with Crippen molar-refractivity contribution in [3.63, 3.8) is 0 Å². The van der Waals surface area contributed by atoms with Gasteiger partial charge in [0.05, 0.1) is 21.3 Å². The molecule has 108 valence electrons. The molecule has 1 aliphatic heterocycles. The standard InChI is InChI=1S/C13H14Cl2N2O3/c14-8-5-7(6-9(16)11(8)15)13(19)20-10-3-1-2-4-17-12(10)18/h5-6,10H,1-4,16H2,(H,17,18). The Balaban J connectivity index is 2.13. The second-order valence-corrected chi connectivity index (χ2v) is 5.33. The molecular weight excluding hydrogens is 303 g/mol. The number of nitrogens with two attached hydrogens (primary N) is 1. The lowest BCUT2D eigenvalue weighted by Gasteiger charge is -2.15. The van der Waals surface area contributed by atoms with Gasteiger partial charge in [-0.15, -0.1) is 0 Å². The van der Waals surface area contributed by atoms with Crippen molar-refractivity contribution in [2.45, 2.75) is 25.4 Å². The smallest absolute Gasteiger partial charge is 0.339 e. The summed E-state index contributed by atoms with van der Waals surface area (Å²) < 4.78 is 5.21. The zero-order valence-corrected chi connectivity index (χ0v) is 12.1. The number of benzene rings is 1. The Bertz CT molecular complexity index is 525. The third-order valence-electron chi connectivity index (χ3n) is 3.03. The highest BCUT2D eigenvalue weighted by Gasteiger charge is 2.25. The number of halogens is 2. The summed E-state index contributed by atoms with van der Waals surface area (Å²) in [5.41, 5.74) is 6.01. The molecule has 2 rings (SSSR count). The molecule has 20 heavy (non-hydrogen) atoms. The predicted octanol–water partition coefficient (Wildman–Crippen LogP) is 2.40. The van der Waals surface area contributed by atoms with Gasteiger partial charge < -0.3 is 15.8 Å². The fourth-order valence-corrected chi connectivity index (χ4v) is 2.28. The number of carbonyl (C=O) groups is 2. The van der Waals surface area contributed by atoms with Crippen molar-refractivity contribution in [2.24, 2.45) is 0 Å². The molecule has 1 unspecified atom stereocenters. The minimum absolute atomic E-state index is 0.170. The van der Waals surface area contributed by atoms with Crippen LogP contribution < -0.4 is 11.1 Å². The van der Waals surface area contributed by atoms with Gasteiger partial charge in [0, 0.05) is 6.54 Å². The van der Waals surface area contributed by atoms with E-state index >= 15 is 0 Å². The lowest BCUT2D eigenvalue weighted by atomic mass is 10.1. The van der Waals surface area contributed by atoms with Crippen LogP contribution in [0, 0.1) is 0 Å². The zero-order valence-electron chi connectivity index (χ0n) is 10.6. The number of hydrogen-bond acceptors (Lipinski definition) is 4. The number of esters is 1. The van der Waals surface area contributed by atoms with Crippen molar-refractivity contribution in [3.05, 3.63) is 27.7 Å². The monoisotopic (exact) mass is 316 g/mol. The van der Waals surface area contributed by atoms with Gasteiger partial charge in [-0.2, -0.15) is 0 Å². The maximum atomic E-state index is 12.0. The second-order valence-electron chi connectivity index (χ2n) is 4.54. The van der Waals surface area contributed by atoms with E-state index in [2.05, 4.69) is 5.32 Å². The molecule has 1 aromatic rings. The molecule has 0 saturated carbocycles. The number of rotatable bonds is 2. The van der Waals surface area contributed by atoms with E-state index in [-0.39, 0.29) is 27.2 Å². The van der Waals surface area contributed by atoms with E-state index in [1.807, 2.05) is 0 Å². The van der Waals surface area contributed by atoms with Crippen LogP contribution in [0.5, 0.6) is 0 Å². The van der Waals surface area contributed by atoms with Gasteiger partial charge in [0.2, 0.25) is 0 Å². The van der Waals surface area contributed by atoms with Gasteiger partial charge >= 0.3 is 5.97 Å². The van der Waals surface area contributed by atoms with Crippen LogP contribution in [0.15, 0.2) is 12.1 Å². The second kappa shape index (κ2) is 6.33. The molecular formula is C13H14Cl2N2O3. The van der Waals surface area contributed by atoms with Gasteiger partial charge in [0.15, 0.2) is 6.10 Å². The van der Waals surface area contributed by atoms with Crippen LogP contribution in [0.1, 0.15) is 29.6 Å². The Morgan fingerprint density at radius 3 is 2.80 bits per heavy atom. The van der Waals surface area contributed by atoms with Crippen LogP contribution >= 0.6 is 23.2 Å². The Labute approximate surface area is 126 Å². The molecule has 0 bridgehead atoms. The fourth-order valence-electron chi connectivity index (χ4n) is 1.95. The zero-order chi connectivity index (χ0) is 14.7. The maximum Gasteiger partial charge on any atom is 0.339 e. The van der Waals surface area contributed by atoms with Gasteiger partial charge in [0.1, 0.15) is 0 Å². The van der Waals surface area contributed by atoms with E-state index < -0.39 is 12.1 Å². The molecule has 7 heteroatoms. The lowest BCUT2D eigenvalue weighted by molar-refractivity contribution is -0.129. The quantitative estimate of drug-likeness (QED) is 0.648. The van der Waals surface area contributed by atoms with E-state index in [0.717, 1.165) is 12.8 Å². The minimum atomic E-state index is -0.777. The van der Waals surface area contributed by atoms with Crippen LogP contribution in [0.25, 0.3) is 0 Å². The summed E-state index contributed by atoms with van der Waals surface area (Å²) in [6.07, 6.45) is 1.43. The van der Waals surface area contributed by atoms with E-state index in [1.165, 1.54) is 12.1 Å². The van der Waals surface area contributed by atoms with Crippen LogP contribution in [0.3, 0.4) is 0 Å². The molecule has 1 amide bonds. The summed E-state index contributed by atoms with van der Waals surface area (Å²) in [4.78, 5) is 23.7. The largest absolute Gasteiger partial charge is 0.449 e. The van der Waals surface area contributed by atoms with Crippen LogP contribution in [-0.4, -0.2) is 24.5 Å². The average molecular weight is 317 g/mol. The van der Waals surface area contributed by atoms with Crippen molar-refractivity contribution in [3.8, 4) is 0 Å². The Morgan fingerprint density at radius 1 is 1.35 bits per heavy atom. The van der Waals surface area contributed by atoms with Crippen LogP contribution in [-0.2, 0) is 9.53 Å². The third kappa shape index (κ3) is 3.35. The number of anilines is 1. The molecule has 1 saturated heterocycles. The summed E-state index contributed by atoms with van der Waals surface area (Å²) in [6, 6.07) is 2.75. The lowest BCUT2D eigenvalue weighted by Crippen LogP contribution is -2.36. The van der Waals surface area contributed by atoms with E-state index in [0.29, 0.717) is 13.0 Å². The Morgan fingerprint density at radius 2 is 2.10 bits per heavy atom. The maximum absolute atomic E-state index is 12.0. The summed E-state index contributed by atoms with van der Waals surface area (Å²) in [5, 5.41) is 3.06. The van der Waals surface area contributed by atoms with E-state index in [1.54, 1.807) is 0 Å². The van der Waals surface area contributed by atoms with Crippen molar-refractivity contribution >= 4 is 40.8 Å². The number of ether oxygens (including phenoxy) is 1.